The van der Waals surface area contributed by atoms with E-state index in [-0.39, 0.29) is 11.6 Å². The van der Waals surface area contributed by atoms with Crippen molar-refractivity contribution in [1.82, 2.24) is 9.55 Å². The number of hydrogen-bond donors (Lipinski definition) is 1. The van der Waals surface area contributed by atoms with Gasteiger partial charge in [0.25, 0.3) is 0 Å². The number of carbonyl (C=O) groups is 1. The first-order valence-electron chi connectivity index (χ1n) is 6.86. The fourth-order valence-corrected chi connectivity index (χ4v) is 2.66. The normalized spacial score (nSPS) is 16.5. The number of hydrogen-bond acceptors (Lipinski definition) is 3. The Labute approximate surface area is 117 Å². The standard InChI is InChI=1S/C15H18N2O3/c1-9(8-20-2)17-13-6-5-11(15(18)19)7-12(13)16-14(17)10-3-4-10/h5-7,9-10H,3-4,8H2,1-2H3,(H,18,19). The van der Waals surface area contributed by atoms with Crippen molar-refractivity contribution in [1.29, 1.82) is 0 Å². The number of aromatic nitrogens is 2. The second-order valence-corrected chi connectivity index (χ2v) is 5.43. The maximum Gasteiger partial charge on any atom is 0.335 e. The van der Waals surface area contributed by atoms with E-state index in [1.165, 1.54) is 0 Å². The zero-order valence-corrected chi connectivity index (χ0v) is 11.7. The molecule has 1 atom stereocenters. The van der Waals surface area contributed by atoms with Gasteiger partial charge in [-0.15, -0.1) is 0 Å². The van der Waals surface area contributed by atoms with Gasteiger partial charge in [0.1, 0.15) is 5.82 Å². The number of carboxylic acids is 1. The van der Waals surface area contributed by atoms with Gasteiger partial charge in [-0.1, -0.05) is 0 Å². The molecule has 1 unspecified atom stereocenters. The van der Waals surface area contributed by atoms with Crippen molar-refractivity contribution >= 4 is 17.0 Å². The second-order valence-electron chi connectivity index (χ2n) is 5.43. The monoisotopic (exact) mass is 274 g/mol. The minimum atomic E-state index is -0.917. The first kappa shape index (κ1) is 13.1. The molecule has 5 nitrogen and oxygen atoms in total. The summed E-state index contributed by atoms with van der Waals surface area (Å²) in [5, 5.41) is 9.08. The average molecular weight is 274 g/mol. The highest BCUT2D eigenvalue weighted by Gasteiger charge is 2.31. The smallest absolute Gasteiger partial charge is 0.335 e. The molecule has 106 valence electrons. The molecule has 1 saturated carbocycles. The minimum absolute atomic E-state index is 0.191. The van der Waals surface area contributed by atoms with Crippen LogP contribution in [0.2, 0.25) is 0 Å². The lowest BCUT2D eigenvalue weighted by atomic mass is 10.2. The van der Waals surface area contributed by atoms with Gasteiger partial charge in [-0.05, 0) is 38.0 Å². The average Bonchev–Trinajstić information content (AvgIpc) is 3.18. The maximum atomic E-state index is 11.1. The molecular formula is C15H18N2O3. The molecule has 20 heavy (non-hydrogen) atoms. The van der Waals surface area contributed by atoms with E-state index in [1.54, 1.807) is 19.2 Å². The summed E-state index contributed by atoms with van der Waals surface area (Å²) in [5.74, 6) is 0.654. The first-order valence-corrected chi connectivity index (χ1v) is 6.86. The summed E-state index contributed by atoms with van der Waals surface area (Å²) in [6.07, 6.45) is 2.32. The Hall–Kier alpha value is -1.88. The van der Waals surface area contributed by atoms with Gasteiger partial charge in [-0.3, -0.25) is 0 Å². The van der Waals surface area contributed by atoms with Crippen molar-refractivity contribution in [3.05, 3.63) is 29.6 Å². The summed E-state index contributed by atoms with van der Waals surface area (Å²) < 4.78 is 7.45. The third-order valence-electron chi connectivity index (χ3n) is 3.75. The van der Waals surface area contributed by atoms with Gasteiger partial charge >= 0.3 is 5.97 Å². The molecule has 1 aliphatic carbocycles. The molecule has 1 aromatic heterocycles. The third kappa shape index (κ3) is 2.18. The lowest BCUT2D eigenvalue weighted by Gasteiger charge is -2.16. The number of rotatable bonds is 5. The lowest BCUT2D eigenvalue weighted by molar-refractivity contribution is 0.0697. The van der Waals surface area contributed by atoms with Crippen molar-refractivity contribution in [3.63, 3.8) is 0 Å². The van der Waals surface area contributed by atoms with Crippen LogP contribution in [0.1, 0.15) is 47.9 Å². The Morgan fingerprint density at radius 3 is 2.90 bits per heavy atom. The fraction of sp³-hybridized carbons (Fsp3) is 0.467. The molecule has 1 N–H and O–H groups in total. The van der Waals surface area contributed by atoms with Crippen molar-refractivity contribution in [2.45, 2.75) is 31.7 Å². The van der Waals surface area contributed by atoms with Gasteiger partial charge in [0.15, 0.2) is 0 Å². The molecule has 1 fully saturated rings. The van der Waals surface area contributed by atoms with E-state index in [4.69, 9.17) is 9.84 Å². The predicted molar refractivity (Wildman–Crippen MR) is 75.3 cm³/mol. The molecule has 0 amide bonds. The molecule has 1 aliphatic rings. The van der Waals surface area contributed by atoms with Crippen molar-refractivity contribution < 1.29 is 14.6 Å². The summed E-state index contributed by atoms with van der Waals surface area (Å²) in [6.45, 7) is 2.72. The molecule has 2 aromatic rings. The SMILES string of the molecule is COCC(C)n1c(C2CC2)nc2cc(C(=O)O)ccc21. The predicted octanol–water partition coefficient (Wildman–Crippen LogP) is 2.82. The quantitative estimate of drug-likeness (QED) is 0.910. The van der Waals surface area contributed by atoms with E-state index < -0.39 is 5.97 Å². The Balaban J connectivity index is 2.14. The van der Waals surface area contributed by atoms with Crippen LogP contribution >= 0.6 is 0 Å². The van der Waals surface area contributed by atoms with Gasteiger partial charge in [0, 0.05) is 13.0 Å². The molecule has 5 heteroatoms. The summed E-state index contributed by atoms with van der Waals surface area (Å²) in [7, 11) is 1.69. The number of carboxylic acid groups (broad SMARTS) is 1. The largest absolute Gasteiger partial charge is 0.478 e. The highest BCUT2D eigenvalue weighted by atomic mass is 16.5. The van der Waals surface area contributed by atoms with E-state index in [2.05, 4.69) is 16.5 Å². The summed E-state index contributed by atoms with van der Waals surface area (Å²) >= 11 is 0. The summed E-state index contributed by atoms with van der Waals surface area (Å²) in [5.41, 5.74) is 2.03. The Bertz CT molecular complexity index is 658. The van der Waals surface area contributed by atoms with Crippen LogP contribution < -0.4 is 0 Å². The Morgan fingerprint density at radius 2 is 2.30 bits per heavy atom. The number of fused-ring (bicyclic) bond motifs is 1. The van der Waals surface area contributed by atoms with Crippen LogP contribution in [0, 0.1) is 0 Å². The topological polar surface area (TPSA) is 64.4 Å². The van der Waals surface area contributed by atoms with E-state index in [0.717, 1.165) is 29.7 Å². The van der Waals surface area contributed by atoms with Gasteiger partial charge < -0.3 is 14.4 Å². The number of aromatic carboxylic acids is 1. The second kappa shape index (κ2) is 4.90. The van der Waals surface area contributed by atoms with Crippen molar-refractivity contribution in [3.8, 4) is 0 Å². The van der Waals surface area contributed by atoms with Crippen LogP contribution in [0.3, 0.4) is 0 Å². The third-order valence-corrected chi connectivity index (χ3v) is 3.75. The van der Waals surface area contributed by atoms with Crippen LogP contribution in [-0.4, -0.2) is 34.3 Å². The number of nitrogens with zero attached hydrogens (tertiary/aromatic N) is 2. The highest BCUT2D eigenvalue weighted by molar-refractivity contribution is 5.92. The summed E-state index contributed by atoms with van der Waals surface area (Å²) in [6, 6.07) is 5.33. The van der Waals surface area contributed by atoms with Crippen LogP contribution in [0.4, 0.5) is 0 Å². The first-order chi connectivity index (χ1) is 9.61. The minimum Gasteiger partial charge on any atom is -0.478 e. The van der Waals surface area contributed by atoms with Crippen LogP contribution in [-0.2, 0) is 4.74 Å². The zero-order chi connectivity index (χ0) is 14.3. The van der Waals surface area contributed by atoms with E-state index in [1.807, 2.05) is 6.07 Å². The molecule has 1 aromatic carbocycles. The van der Waals surface area contributed by atoms with Crippen LogP contribution in [0.15, 0.2) is 18.2 Å². The molecule has 0 aliphatic heterocycles. The Morgan fingerprint density at radius 1 is 1.55 bits per heavy atom. The van der Waals surface area contributed by atoms with Crippen molar-refractivity contribution in [2.24, 2.45) is 0 Å². The molecule has 0 bridgehead atoms. The number of imidazole rings is 1. The molecular weight excluding hydrogens is 256 g/mol. The number of benzene rings is 1. The molecule has 0 radical (unpaired) electrons. The van der Waals surface area contributed by atoms with E-state index in [9.17, 15) is 4.79 Å². The number of ether oxygens (including phenoxy) is 1. The van der Waals surface area contributed by atoms with E-state index >= 15 is 0 Å². The number of methoxy groups -OCH3 is 1. The molecule has 3 rings (SSSR count). The van der Waals surface area contributed by atoms with E-state index in [0.29, 0.717) is 12.5 Å². The highest BCUT2D eigenvalue weighted by Crippen LogP contribution is 2.41. The molecule has 0 spiro atoms. The Kier molecular flexibility index (Phi) is 3.22. The van der Waals surface area contributed by atoms with Crippen molar-refractivity contribution in [2.75, 3.05) is 13.7 Å². The lowest BCUT2D eigenvalue weighted by Crippen LogP contribution is -2.13. The zero-order valence-electron chi connectivity index (χ0n) is 11.7. The summed E-state index contributed by atoms with van der Waals surface area (Å²) in [4.78, 5) is 15.7. The van der Waals surface area contributed by atoms with Gasteiger partial charge in [-0.25, -0.2) is 9.78 Å². The van der Waals surface area contributed by atoms with Gasteiger partial charge in [0.05, 0.1) is 29.2 Å². The molecule has 1 heterocycles. The van der Waals surface area contributed by atoms with Crippen LogP contribution in [0.5, 0.6) is 0 Å². The van der Waals surface area contributed by atoms with Crippen LogP contribution in [0.25, 0.3) is 11.0 Å². The van der Waals surface area contributed by atoms with Gasteiger partial charge in [0.2, 0.25) is 0 Å². The van der Waals surface area contributed by atoms with Gasteiger partial charge in [-0.2, -0.15) is 0 Å². The maximum absolute atomic E-state index is 11.1. The molecule has 0 saturated heterocycles. The fourth-order valence-electron chi connectivity index (χ4n) is 2.66.